The van der Waals surface area contributed by atoms with Crippen LogP contribution in [0.2, 0.25) is 0 Å². The predicted octanol–water partition coefficient (Wildman–Crippen LogP) is 6.55. The van der Waals surface area contributed by atoms with Gasteiger partial charge in [-0.15, -0.1) is 0 Å². The van der Waals surface area contributed by atoms with Gasteiger partial charge in [-0.3, -0.25) is 19.3 Å². The normalized spacial score (nSPS) is 25.6. The summed E-state index contributed by atoms with van der Waals surface area (Å²) in [5.74, 6) is -1.23. The summed E-state index contributed by atoms with van der Waals surface area (Å²) in [6.45, 7) is 7.38. The largest absolute Gasteiger partial charge is 0.350 e. The van der Waals surface area contributed by atoms with Crippen molar-refractivity contribution in [1.29, 1.82) is 0 Å². The van der Waals surface area contributed by atoms with Gasteiger partial charge in [-0.25, -0.2) is 8.42 Å². The monoisotopic (exact) mass is 578 g/mol. The molecule has 3 saturated carbocycles. The van der Waals surface area contributed by atoms with Crippen LogP contribution in [0, 0.1) is 29.6 Å². The first-order chi connectivity index (χ1) is 19.4. The first-order valence-electron chi connectivity index (χ1n) is 14.9. The van der Waals surface area contributed by atoms with Gasteiger partial charge in [0.15, 0.2) is 0 Å². The molecule has 3 aliphatic carbocycles. The van der Waals surface area contributed by atoms with Crippen molar-refractivity contribution in [2.24, 2.45) is 22.7 Å². The second kappa shape index (κ2) is 11.0. The van der Waals surface area contributed by atoms with E-state index in [0.717, 1.165) is 61.8 Å². The summed E-state index contributed by atoms with van der Waals surface area (Å²) in [6.07, 6.45) is 7.42. The second-order valence-electron chi connectivity index (χ2n) is 13.2. The molecule has 3 amide bonds. The van der Waals surface area contributed by atoms with Gasteiger partial charge < -0.3 is 4.90 Å². The number of carbonyl (C=O) groups is 3. The fourth-order valence-electron chi connectivity index (χ4n) is 7.97. The van der Waals surface area contributed by atoms with E-state index in [9.17, 15) is 22.8 Å². The van der Waals surface area contributed by atoms with Crippen molar-refractivity contribution in [1.82, 2.24) is 4.90 Å². The minimum absolute atomic E-state index is 0.0733. The molecular formula is C33H42N2O5S. The Labute approximate surface area is 244 Å². The Kier molecular flexibility index (Phi) is 7.92. The highest BCUT2D eigenvalue weighted by Gasteiger charge is 2.63. The zero-order chi connectivity index (χ0) is 29.6. The van der Waals surface area contributed by atoms with Gasteiger partial charge in [0.1, 0.15) is 6.54 Å². The van der Waals surface area contributed by atoms with Crippen LogP contribution >= 0.6 is 0 Å². The van der Waals surface area contributed by atoms with Gasteiger partial charge in [0.05, 0.1) is 4.90 Å². The molecule has 0 saturated heterocycles. The number of hydrogen-bond acceptors (Lipinski definition) is 5. The SMILES string of the molecule is Cc1ccc(S(=O)(=O)C(=O)N(CC(=O)N(c2ccccc2)C2CCCCC2)C(=O)C2C3(C)CCC(C3)C2(C)C)cc1. The van der Waals surface area contributed by atoms with E-state index in [1.807, 2.05) is 51.1 Å². The maximum atomic E-state index is 14.5. The topological polar surface area (TPSA) is 91.8 Å². The number of para-hydroxylation sites is 1. The Bertz CT molecular complexity index is 1410. The van der Waals surface area contributed by atoms with Crippen molar-refractivity contribution in [2.75, 3.05) is 11.4 Å². The third kappa shape index (κ3) is 5.36. The van der Waals surface area contributed by atoms with E-state index >= 15 is 0 Å². The number of benzene rings is 2. The molecule has 2 aromatic carbocycles. The van der Waals surface area contributed by atoms with Crippen LogP contribution in [-0.4, -0.2) is 43.0 Å². The Morgan fingerprint density at radius 3 is 2.10 bits per heavy atom. The number of nitrogens with zero attached hydrogens (tertiary/aromatic N) is 2. The number of carbonyl (C=O) groups excluding carboxylic acids is 3. The van der Waals surface area contributed by atoms with Gasteiger partial charge in [-0.05, 0) is 80.0 Å². The molecule has 0 heterocycles. The van der Waals surface area contributed by atoms with Crippen LogP contribution in [0.15, 0.2) is 59.5 Å². The van der Waals surface area contributed by atoms with Crippen LogP contribution in [0.4, 0.5) is 10.5 Å². The lowest BCUT2D eigenvalue weighted by atomic mass is 9.63. The quantitative estimate of drug-likeness (QED) is 0.388. The molecule has 3 fully saturated rings. The van der Waals surface area contributed by atoms with Crippen molar-refractivity contribution in [2.45, 2.75) is 90.0 Å². The standard InChI is InChI=1S/C33H42N2O5S/c1-23-15-17-27(18-16-23)41(39,40)31(38)34(30(37)29-32(2,3)24-19-20-33(29,4)21-24)22-28(36)35(25-11-7-5-8-12-25)26-13-9-6-10-14-26/h5,7-8,11-12,15-18,24,26,29H,6,9-10,13-14,19-22H2,1-4H3. The first kappa shape index (κ1) is 29.5. The van der Waals surface area contributed by atoms with Gasteiger partial charge in [0.25, 0.3) is 9.84 Å². The van der Waals surface area contributed by atoms with Crippen LogP contribution in [0.3, 0.4) is 0 Å². The number of anilines is 1. The van der Waals surface area contributed by atoms with Crippen LogP contribution in [-0.2, 0) is 19.4 Å². The molecule has 3 atom stereocenters. The summed E-state index contributed by atoms with van der Waals surface area (Å²) in [6, 6.07) is 15.2. The highest BCUT2D eigenvalue weighted by atomic mass is 32.2. The molecule has 3 aliphatic rings. The Balaban J connectivity index is 1.54. The molecule has 2 aromatic rings. The van der Waals surface area contributed by atoms with Crippen molar-refractivity contribution < 1.29 is 22.8 Å². The van der Waals surface area contributed by atoms with E-state index in [2.05, 4.69) is 6.92 Å². The Hall–Kier alpha value is -3.00. The summed E-state index contributed by atoms with van der Waals surface area (Å²) in [5, 5.41) is -1.32. The van der Waals surface area contributed by atoms with Crippen molar-refractivity contribution in [3.05, 3.63) is 60.2 Å². The third-order valence-corrected chi connectivity index (χ3v) is 11.7. The Morgan fingerprint density at radius 1 is 0.878 bits per heavy atom. The first-order valence-corrected chi connectivity index (χ1v) is 16.4. The van der Waals surface area contributed by atoms with Gasteiger partial charge in [-0.2, -0.15) is 0 Å². The molecule has 0 spiro atoms. The maximum absolute atomic E-state index is 14.5. The van der Waals surface area contributed by atoms with Crippen LogP contribution in [0.25, 0.3) is 0 Å². The lowest BCUT2D eigenvalue weighted by Crippen LogP contribution is -2.55. The zero-order valence-electron chi connectivity index (χ0n) is 24.6. The number of imide groups is 1. The number of hydrogen-bond donors (Lipinski definition) is 0. The van der Waals surface area contributed by atoms with Crippen molar-refractivity contribution in [3.63, 3.8) is 0 Å². The molecule has 0 aliphatic heterocycles. The van der Waals surface area contributed by atoms with Gasteiger partial charge >= 0.3 is 5.24 Å². The smallest absolute Gasteiger partial charge is 0.308 e. The molecule has 5 rings (SSSR count). The summed E-state index contributed by atoms with van der Waals surface area (Å²) < 4.78 is 27.3. The van der Waals surface area contributed by atoms with E-state index in [-0.39, 0.29) is 16.4 Å². The average Bonchev–Trinajstić information content (AvgIpc) is 3.44. The molecule has 220 valence electrons. The predicted molar refractivity (Wildman–Crippen MR) is 159 cm³/mol. The van der Waals surface area contributed by atoms with E-state index < -0.39 is 44.8 Å². The second-order valence-corrected chi connectivity index (χ2v) is 15.1. The molecule has 0 radical (unpaired) electrons. The summed E-state index contributed by atoms with van der Waals surface area (Å²) in [4.78, 5) is 44.9. The molecule has 0 N–H and O–H groups in total. The Morgan fingerprint density at radius 2 is 1.51 bits per heavy atom. The van der Waals surface area contributed by atoms with Gasteiger partial charge in [0.2, 0.25) is 11.8 Å². The van der Waals surface area contributed by atoms with E-state index in [0.29, 0.717) is 11.6 Å². The van der Waals surface area contributed by atoms with Gasteiger partial charge in [-0.1, -0.05) is 75.9 Å². The summed E-state index contributed by atoms with van der Waals surface area (Å²) >= 11 is 0. The van der Waals surface area contributed by atoms with E-state index in [4.69, 9.17) is 0 Å². The molecular weight excluding hydrogens is 536 g/mol. The van der Waals surface area contributed by atoms with Crippen LogP contribution in [0.5, 0.6) is 0 Å². The van der Waals surface area contributed by atoms with Crippen LogP contribution < -0.4 is 4.90 Å². The van der Waals surface area contributed by atoms with E-state index in [1.165, 1.54) is 12.1 Å². The molecule has 2 bridgehead atoms. The van der Waals surface area contributed by atoms with E-state index in [1.54, 1.807) is 17.0 Å². The highest BCUT2D eigenvalue weighted by Crippen LogP contribution is 2.66. The van der Waals surface area contributed by atoms with Crippen molar-refractivity contribution in [3.8, 4) is 0 Å². The zero-order valence-corrected chi connectivity index (χ0v) is 25.5. The number of fused-ring (bicyclic) bond motifs is 2. The highest BCUT2D eigenvalue weighted by molar-refractivity contribution is 8.06. The lowest BCUT2D eigenvalue weighted by Gasteiger charge is -2.43. The third-order valence-electron chi connectivity index (χ3n) is 10.1. The number of amides is 3. The lowest BCUT2D eigenvalue weighted by molar-refractivity contribution is -0.143. The fraction of sp³-hybridized carbons (Fsp3) is 0.545. The minimum Gasteiger partial charge on any atom is -0.308 e. The molecule has 8 heteroatoms. The fourth-order valence-corrected chi connectivity index (χ4v) is 9.11. The molecule has 3 unspecified atom stereocenters. The van der Waals surface area contributed by atoms with Crippen molar-refractivity contribution >= 4 is 32.6 Å². The van der Waals surface area contributed by atoms with Gasteiger partial charge in [0, 0.05) is 17.6 Å². The molecule has 7 nitrogen and oxygen atoms in total. The molecule has 41 heavy (non-hydrogen) atoms. The summed E-state index contributed by atoms with van der Waals surface area (Å²) in [5.41, 5.74) is 0.782. The average molecular weight is 579 g/mol. The summed E-state index contributed by atoms with van der Waals surface area (Å²) in [7, 11) is -4.56. The molecule has 0 aromatic heterocycles. The maximum Gasteiger partial charge on any atom is 0.350 e. The number of rotatable bonds is 6. The minimum atomic E-state index is -4.56. The van der Waals surface area contributed by atoms with Crippen LogP contribution in [0.1, 0.15) is 77.7 Å². The number of aryl methyl sites for hydroxylation is 1. The number of sulfone groups is 1.